The third kappa shape index (κ3) is 3.01. The van der Waals surface area contributed by atoms with Crippen LogP contribution in [0.2, 0.25) is 0 Å². The first-order valence-electron chi connectivity index (χ1n) is 7.03. The molecule has 1 aliphatic carbocycles. The maximum absolute atomic E-state index is 5.84. The summed E-state index contributed by atoms with van der Waals surface area (Å²) in [4.78, 5) is 0. The molecule has 3 unspecified atom stereocenters. The number of rotatable bonds is 7. The Morgan fingerprint density at radius 3 is 2.76 bits per heavy atom. The fourth-order valence-electron chi connectivity index (χ4n) is 3.05. The van der Waals surface area contributed by atoms with Crippen molar-refractivity contribution in [3.05, 3.63) is 0 Å². The van der Waals surface area contributed by atoms with Gasteiger partial charge in [0.25, 0.3) is 0 Å². The van der Waals surface area contributed by atoms with E-state index >= 15 is 0 Å². The standard InChI is InChI=1S/C14H27NO2/c1-11(6-8-16-3)14(7-9-17-12(14)2)10-15-13-4-5-13/h11-13,15H,4-10H2,1-3H3. The van der Waals surface area contributed by atoms with Gasteiger partial charge in [0.1, 0.15) is 0 Å². The number of ether oxygens (including phenoxy) is 2. The van der Waals surface area contributed by atoms with Crippen molar-refractivity contribution in [3.8, 4) is 0 Å². The summed E-state index contributed by atoms with van der Waals surface area (Å²) in [5.41, 5.74) is 0.321. The average Bonchev–Trinajstić information content (AvgIpc) is 3.08. The number of nitrogens with one attached hydrogen (secondary N) is 1. The van der Waals surface area contributed by atoms with Gasteiger partial charge in [-0.1, -0.05) is 6.92 Å². The van der Waals surface area contributed by atoms with E-state index in [2.05, 4.69) is 19.2 Å². The molecule has 0 bridgehead atoms. The van der Waals surface area contributed by atoms with Crippen LogP contribution >= 0.6 is 0 Å². The van der Waals surface area contributed by atoms with Gasteiger partial charge in [0.2, 0.25) is 0 Å². The molecule has 2 aliphatic rings. The van der Waals surface area contributed by atoms with Gasteiger partial charge in [0.15, 0.2) is 0 Å². The Bertz CT molecular complexity index is 242. The first-order chi connectivity index (χ1) is 8.19. The highest BCUT2D eigenvalue weighted by molar-refractivity contribution is 4.97. The summed E-state index contributed by atoms with van der Waals surface area (Å²) in [6, 6.07) is 0.786. The molecule has 0 aromatic heterocycles. The Kier molecular flexibility index (Phi) is 4.45. The zero-order valence-electron chi connectivity index (χ0n) is 11.5. The monoisotopic (exact) mass is 241 g/mol. The van der Waals surface area contributed by atoms with Gasteiger partial charge in [0.05, 0.1) is 6.10 Å². The van der Waals surface area contributed by atoms with Crippen LogP contribution in [-0.2, 0) is 9.47 Å². The van der Waals surface area contributed by atoms with Gasteiger partial charge in [-0.3, -0.25) is 0 Å². The third-order valence-electron chi connectivity index (χ3n) is 4.78. The van der Waals surface area contributed by atoms with E-state index in [9.17, 15) is 0 Å². The van der Waals surface area contributed by atoms with E-state index in [-0.39, 0.29) is 0 Å². The molecule has 17 heavy (non-hydrogen) atoms. The number of hydrogen-bond acceptors (Lipinski definition) is 3. The molecule has 3 heteroatoms. The third-order valence-corrected chi connectivity index (χ3v) is 4.78. The minimum Gasteiger partial charge on any atom is -0.385 e. The molecule has 0 spiro atoms. The predicted octanol–water partition coefficient (Wildman–Crippen LogP) is 2.21. The molecular weight excluding hydrogens is 214 g/mol. The van der Waals surface area contributed by atoms with Crippen LogP contribution in [0.15, 0.2) is 0 Å². The Morgan fingerprint density at radius 1 is 1.47 bits per heavy atom. The highest BCUT2D eigenvalue weighted by Crippen LogP contribution is 2.43. The van der Waals surface area contributed by atoms with Gasteiger partial charge >= 0.3 is 0 Å². The van der Waals surface area contributed by atoms with Gasteiger partial charge in [-0.15, -0.1) is 0 Å². The Hall–Kier alpha value is -0.120. The zero-order chi connectivity index (χ0) is 12.3. The van der Waals surface area contributed by atoms with E-state index in [0.717, 1.165) is 32.2 Å². The highest BCUT2D eigenvalue weighted by Gasteiger charge is 2.45. The van der Waals surface area contributed by atoms with Gasteiger partial charge in [-0.2, -0.15) is 0 Å². The molecule has 1 saturated heterocycles. The highest BCUT2D eigenvalue weighted by atomic mass is 16.5. The molecular formula is C14H27NO2. The van der Waals surface area contributed by atoms with Crippen molar-refractivity contribution in [2.45, 2.75) is 51.7 Å². The van der Waals surface area contributed by atoms with E-state index in [1.165, 1.54) is 19.3 Å². The summed E-state index contributed by atoms with van der Waals surface area (Å²) >= 11 is 0. The van der Waals surface area contributed by atoms with E-state index in [0.29, 0.717) is 17.4 Å². The quantitative estimate of drug-likeness (QED) is 0.741. The summed E-state index contributed by atoms with van der Waals surface area (Å²) in [5, 5.41) is 3.71. The molecule has 3 nitrogen and oxygen atoms in total. The van der Waals surface area contributed by atoms with Crippen molar-refractivity contribution in [2.24, 2.45) is 11.3 Å². The molecule has 0 radical (unpaired) electrons. The van der Waals surface area contributed by atoms with Crippen molar-refractivity contribution in [3.63, 3.8) is 0 Å². The molecule has 1 N–H and O–H groups in total. The van der Waals surface area contributed by atoms with Crippen molar-refractivity contribution < 1.29 is 9.47 Å². The smallest absolute Gasteiger partial charge is 0.0618 e. The second kappa shape index (κ2) is 5.68. The van der Waals surface area contributed by atoms with Gasteiger partial charge in [-0.05, 0) is 38.5 Å². The topological polar surface area (TPSA) is 30.5 Å². The lowest BCUT2D eigenvalue weighted by Crippen LogP contribution is -2.45. The van der Waals surface area contributed by atoms with Crippen LogP contribution < -0.4 is 5.32 Å². The lowest BCUT2D eigenvalue weighted by Gasteiger charge is -2.38. The lowest BCUT2D eigenvalue weighted by atomic mass is 9.70. The summed E-state index contributed by atoms with van der Waals surface area (Å²) in [6.45, 7) is 7.50. The SMILES string of the molecule is COCCC(C)C1(CNC2CC2)CCOC1C. The molecule has 3 atom stereocenters. The van der Waals surface area contributed by atoms with Crippen molar-refractivity contribution >= 4 is 0 Å². The van der Waals surface area contributed by atoms with Crippen LogP contribution in [0.4, 0.5) is 0 Å². The lowest BCUT2D eigenvalue weighted by molar-refractivity contribution is 0.0220. The maximum Gasteiger partial charge on any atom is 0.0618 e. The Balaban J connectivity index is 1.94. The van der Waals surface area contributed by atoms with Crippen molar-refractivity contribution in [1.29, 1.82) is 0 Å². The maximum atomic E-state index is 5.84. The number of hydrogen-bond donors (Lipinski definition) is 1. The summed E-state index contributed by atoms with van der Waals surface area (Å²) in [6.07, 6.45) is 5.42. The van der Waals surface area contributed by atoms with E-state index < -0.39 is 0 Å². The van der Waals surface area contributed by atoms with Crippen molar-refractivity contribution in [2.75, 3.05) is 26.9 Å². The number of methoxy groups -OCH3 is 1. The van der Waals surface area contributed by atoms with Gasteiger partial charge < -0.3 is 14.8 Å². The van der Waals surface area contributed by atoms with E-state index in [4.69, 9.17) is 9.47 Å². The van der Waals surface area contributed by atoms with Crippen LogP contribution in [0.5, 0.6) is 0 Å². The summed E-state index contributed by atoms with van der Waals surface area (Å²) in [7, 11) is 1.79. The normalized spacial score (nSPS) is 35.1. The van der Waals surface area contributed by atoms with Crippen LogP contribution in [0, 0.1) is 11.3 Å². The molecule has 0 aromatic carbocycles. The Morgan fingerprint density at radius 2 is 2.24 bits per heavy atom. The summed E-state index contributed by atoms with van der Waals surface area (Å²) in [5.74, 6) is 0.659. The molecule has 2 fully saturated rings. The van der Waals surface area contributed by atoms with E-state index in [1.807, 2.05) is 0 Å². The molecule has 0 amide bonds. The minimum absolute atomic E-state index is 0.321. The fraction of sp³-hybridized carbons (Fsp3) is 1.00. The molecule has 100 valence electrons. The van der Waals surface area contributed by atoms with Crippen LogP contribution in [0.25, 0.3) is 0 Å². The van der Waals surface area contributed by atoms with E-state index in [1.54, 1.807) is 7.11 Å². The molecule has 1 heterocycles. The van der Waals surface area contributed by atoms with Crippen LogP contribution in [0.1, 0.15) is 39.5 Å². The first kappa shape index (κ1) is 13.3. The van der Waals surface area contributed by atoms with Crippen LogP contribution in [-0.4, -0.2) is 39.0 Å². The molecule has 0 aromatic rings. The van der Waals surface area contributed by atoms with Gasteiger partial charge in [0, 0.05) is 38.3 Å². The van der Waals surface area contributed by atoms with Crippen molar-refractivity contribution in [1.82, 2.24) is 5.32 Å². The average molecular weight is 241 g/mol. The minimum atomic E-state index is 0.321. The largest absolute Gasteiger partial charge is 0.385 e. The fourth-order valence-corrected chi connectivity index (χ4v) is 3.05. The molecule has 2 rings (SSSR count). The second-order valence-electron chi connectivity index (χ2n) is 5.83. The zero-order valence-corrected chi connectivity index (χ0v) is 11.5. The predicted molar refractivity (Wildman–Crippen MR) is 69.1 cm³/mol. The second-order valence-corrected chi connectivity index (χ2v) is 5.83. The summed E-state index contributed by atoms with van der Waals surface area (Å²) < 4.78 is 11.1. The van der Waals surface area contributed by atoms with Crippen LogP contribution in [0.3, 0.4) is 0 Å². The molecule has 1 aliphatic heterocycles. The Labute approximate surface area is 105 Å². The first-order valence-corrected chi connectivity index (χ1v) is 7.03. The molecule has 1 saturated carbocycles. The van der Waals surface area contributed by atoms with Gasteiger partial charge in [-0.25, -0.2) is 0 Å².